The summed E-state index contributed by atoms with van der Waals surface area (Å²) in [5.74, 6) is 0.556. The summed E-state index contributed by atoms with van der Waals surface area (Å²) >= 11 is 0. The van der Waals surface area contributed by atoms with E-state index in [2.05, 4.69) is 20.3 Å². The molecule has 0 atom stereocenters. The first kappa shape index (κ1) is 15.3. The van der Waals surface area contributed by atoms with Gasteiger partial charge < -0.3 is 14.9 Å². The molecule has 4 aromatic rings. The van der Waals surface area contributed by atoms with Crippen LogP contribution in [0, 0.1) is 0 Å². The molecule has 2 N–H and O–H groups in total. The van der Waals surface area contributed by atoms with E-state index in [4.69, 9.17) is 4.98 Å². The fourth-order valence-corrected chi connectivity index (χ4v) is 2.84. The van der Waals surface area contributed by atoms with E-state index in [1.54, 1.807) is 13.4 Å². The van der Waals surface area contributed by atoms with Crippen molar-refractivity contribution in [1.29, 1.82) is 0 Å². The van der Waals surface area contributed by atoms with E-state index < -0.39 is 0 Å². The first-order chi connectivity index (χ1) is 12.0. The maximum Gasteiger partial charge on any atom is 0.264 e. The van der Waals surface area contributed by atoms with Crippen molar-refractivity contribution in [2.75, 3.05) is 5.32 Å². The minimum atomic E-state index is -0.115. The van der Waals surface area contributed by atoms with Crippen LogP contribution in [0.15, 0.2) is 41.7 Å². The number of H-pyrrole nitrogens is 1. The molecule has 0 radical (unpaired) electrons. The van der Waals surface area contributed by atoms with Crippen LogP contribution in [0.1, 0.15) is 13.8 Å². The Bertz CT molecular complexity index is 1140. The van der Waals surface area contributed by atoms with Gasteiger partial charge in [0, 0.05) is 18.7 Å². The number of rotatable bonds is 3. The van der Waals surface area contributed by atoms with Crippen molar-refractivity contribution >= 4 is 27.8 Å². The summed E-state index contributed by atoms with van der Waals surface area (Å²) in [6, 6.07) is 7.90. The van der Waals surface area contributed by atoms with E-state index in [1.165, 1.54) is 10.9 Å². The Kier molecular flexibility index (Phi) is 3.49. The number of benzene rings is 1. The Hall–Kier alpha value is -3.22. The smallest absolute Gasteiger partial charge is 0.264 e. The van der Waals surface area contributed by atoms with E-state index in [0.29, 0.717) is 16.7 Å². The van der Waals surface area contributed by atoms with E-state index >= 15 is 0 Å². The van der Waals surface area contributed by atoms with Gasteiger partial charge in [-0.25, -0.2) is 15.0 Å². The van der Waals surface area contributed by atoms with Crippen LogP contribution in [0.3, 0.4) is 0 Å². The Balaban J connectivity index is 1.98. The van der Waals surface area contributed by atoms with E-state index in [9.17, 15) is 4.79 Å². The average Bonchev–Trinajstić information content (AvgIpc) is 3.05. The summed E-state index contributed by atoms with van der Waals surface area (Å²) in [4.78, 5) is 29.0. The molecule has 0 aliphatic heterocycles. The standard InChI is InChI=1S/C18H18N6O/c1-10(2)22-17-16-15(21-9-24(3)18(16)25)7-13(23-17)11-4-5-12-14(6-11)20-8-19-12/h4-10H,1-3H3,(H,19,20)(H,22,23). The van der Waals surface area contributed by atoms with Gasteiger partial charge in [-0.05, 0) is 32.0 Å². The maximum atomic E-state index is 12.5. The second-order valence-electron chi connectivity index (χ2n) is 6.34. The summed E-state index contributed by atoms with van der Waals surface area (Å²) in [5.41, 5.74) is 4.05. The number of hydrogen-bond acceptors (Lipinski definition) is 5. The lowest BCUT2D eigenvalue weighted by atomic mass is 10.1. The van der Waals surface area contributed by atoms with E-state index in [0.717, 1.165) is 22.3 Å². The number of aromatic nitrogens is 5. The lowest BCUT2D eigenvalue weighted by Gasteiger charge is -2.14. The SMILES string of the molecule is CC(C)Nc1nc(-c2ccc3nc[nH]c3c2)cc2ncn(C)c(=O)c12. The predicted molar refractivity (Wildman–Crippen MR) is 98.6 cm³/mol. The van der Waals surface area contributed by atoms with Crippen molar-refractivity contribution in [3.05, 3.63) is 47.3 Å². The monoisotopic (exact) mass is 334 g/mol. The van der Waals surface area contributed by atoms with Crippen molar-refractivity contribution in [2.24, 2.45) is 7.05 Å². The summed E-state index contributed by atoms with van der Waals surface area (Å²) in [7, 11) is 1.69. The summed E-state index contributed by atoms with van der Waals surface area (Å²) in [6.45, 7) is 4.02. The molecule has 1 aromatic carbocycles. The van der Waals surface area contributed by atoms with Gasteiger partial charge in [0.25, 0.3) is 5.56 Å². The van der Waals surface area contributed by atoms with Crippen molar-refractivity contribution in [2.45, 2.75) is 19.9 Å². The molecule has 3 heterocycles. The third kappa shape index (κ3) is 2.63. The topological polar surface area (TPSA) is 88.5 Å². The second-order valence-corrected chi connectivity index (χ2v) is 6.34. The molecule has 0 unspecified atom stereocenters. The normalized spacial score (nSPS) is 11.5. The molecule has 4 rings (SSSR count). The number of nitrogens with one attached hydrogen (secondary N) is 2. The quantitative estimate of drug-likeness (QED) is 0.601. The number of nitrogens with zero attached hydrogens (tertiary/aromatic N) is 4. The number of aryl methyl sites for hydroxylation is 1. The minimum Gasteiger partial charge on any atom is -0.367 e. The first-order valence-corrected chi connectivity index (χ1v) is 8.09. The van der Waals surface area contributed by atoms with Crippen molar-refractivity contribution in [1.82, 2.24) is 24.5 Å². The molecule has 7 heteroatoms. The third-order valence-corrected chi connectivity index (χ3v) is 4.04. The third-order valence-electron chi connectivity index (χ3n) is 4.04. The maximum absolute atomic E-state index is 12.5. The van der Waals surface area contributed by atoms with Crippen LogP contribution >= 0.6 is 0 Å². The van der Waals surface area contributed by atoms with Crippen molar-refractivity contribution < 1.29 is 0 Å². The molecule has 3 aromatic heterocycles. The zero-order valence-electron chi connectivity index (χ0n) is 14.2. The molecule has 0 spiro atoms. The lowest BCUT2D eigenvalue weighted by Crippen LogP contribution is -2.21. The Morgan fingerprint density at radius 2 is 2.00 bits per heavy atom. The van der Waals surface area contributed by atoms with Gasteiger partial charge in [0.05, 0.1) is 34.9 Å². The lowest BCUT2D eigenvalue weighted by molar-refractivity contribution is 0.839. The fourth-order valence-electron chi connectivity index (χ4n) is 2.84. The number of aromatic amines is 1. The molecule has 0 aliphatic carbocycles. The number of fused-ring (bicyclic) bond motifs is 2. The number of pyridine rings is 1. The molecule has 126 valence electrons. The van der Waals surface area contributed by atoms with Gasteiger partial charge in [-0.2, -0.15) is 0 Å². The van der Waals surface area contributed by atoms with Crippen LogP contribution in [0.4, 0.5) is 5.82 Å². The van der Waals surface area contributed by atoms with Gasteiger partial charge in [-0.3, -0.25) is 4.79 Å². The van der Waals surface area contributed by atoms with Gasteiger partial charge in [-0.15, -0.1) is 0 Å². The number of hydrogen-bond donors (Lipinski definition) is 2. The Morgan fingerprint density at radius 3 is 2.80 bits per heavy atom. The van der Waals surface area contributed by atoms with Crippen LogP contribution in [0.2, 0.25) is 0 Å². The van der Waals surface area contributed by atoms with E-state index in [1.807, 2.05) is 38.1 Å². The first-order valence-electron chi connectivity index (χ1n) is 8.09. The fraction of sp³-hybridized carbons (Fsp3) is 0.222. The van der Waals surface area contributed by atoms with Crippen LogP contribution in [-0.4, -0.2) is 30.5 Å². The minimum absolute atomic E-state index is 0.115. The Labute approximate surface area is 143 Å². The summed E-state index contributed by atoms with van der Waals surface area (Å²) < 4.78 is 1.46. The van der Waals surface area contributed by atoms with Crippen LogP contribution in [0.25, 0.3) is 33.2 Å². The van der Waals surface area contributed by atoms with Gasteiger partial charge in [0.15, 0.2) is 0 Å². The highest BCUT2D eigenvalue weighted by Crippen LogP contribution is 2.27. The molecule has 0 saturated carbocycles. The largest absolute Gasteiger partial charge is 0.367 e. The highest BCUT2D eigenvalue weighted by molar-refractivity contribution is 5.92. The number of anilines is 1. The second kappa shape index (κ2) is 5.70. The molecule has 0 fully saturated rings. The molecular formula is C18H18N6O. The highest BCUT2D eigenvalue weighted by Gasteiger charge is 2.14. The zero-order valence-corrected chi connectivity index (χ0v) is 14.2. The number of imidazole rings is 1. The van der Waals surface area contributed by atoms with Crippen molar-refractivity contribution in [3.8, 4) is 11.3 Å². The van der Waals surface area contributed by atoms with Gasteiger partial charge in [0.1, 0.15) is 11.2 Å². The Morgan fingerprint density at radius 1 is 1.16 bits per heavy atom. The van der Waals surface area contributed by atoms with Crippen LogP contribution in [-0.2, 0) is 7.05 Å². The zero-order chi connectivity index (χ0) is 17.6. The highest BCUT2D eigenvalue weighted by atomic mass is 16.1. The molecular weight excluding hydrogens is 316 g/mol. The molecule has 7 nitrogen and oxygen atoms in total. The summed E-state index contributed by atoms with van der Waals surface area (Å²) in [5, 5.41) is 3.78. The average molecular weight is 334 g/mol. The van der Waals surface area contributed by atoms with Gasteiger partial charge in [-0.1, -0.05) is 6.07 Å². The molecule has 25 heavy (non-hydrogen) atoms. The van der Waals surface area contributed by atoms with Crippen LogP contribution < -0.4 is 10.9 Å². The van der Waals surface area contributed by atoms with Crippen LogP contribution in [0.5, 0.6) is 0 Å². The van der Waals surface area contributed by atoms with Gasteiger partial charge in [0.2, 0.25) is 0 Å². The predicted octanol–water partition coefficient (Wildman–Crippen LogP) is 2.69. The van der Waals surface area contributed by atoms with Gasteiger partial charge >= 0.3 is 0 Å². The van der Waals surface area contributed by atoms with Crippen molar-refractivity contribution in [3.63, 3.8) is 0 Å². The molecule has 0 aliphatic rings. The summed E-state index contributed by atoms with van der Waals surface area (Å²) in [6.07, 6.45) is 3.20. The molecule has 0 saturated heterocycles. The van der Waals surface area contributed by atoms with E-state index in [-0.39, 0.29) is 11.6 Å². The molecule has 0 amide bonds. The molecule has 0 bridgehead atoms.